The van der Waals surface area contributed by atoms with Crippen LogP contribution in [0.2, 0.25) is 0 Å². The summed E-state index contributed by atoms with van der Waals surface area (Å²) in [7, 11) is 5.55. The summed E-state index contributed by atoms with van der Waals surface area (Å²) in [5.74, 6) is -2.06. The normalized spacial score (nSPS) is 10.3. The fourth-order valence-corrected chi connectivity index (χ4v) is 3.95. The van der Waals surface area contributed by atoms with E-state index in [2.05, 4.69) is 71.1 Å². The lowest BCUT2D eigenvalue weighted by molar-refractivity contribution is -0.159. The number of carboxylic acid groups (broad SMARTS) is 2. The number of nitrogens with zero attached hydrogens (tertiary/aromatic N) is 1. The minimum absolute atomic E-state index is 0.784. The number of aliphatic carboxylic acids is 2. The van der Waals surface area contributed by atoms with Crippen molar-refractivity contribution in [1.82, 2.24) is 4.90 Å². The Balaban J connectivity index is 0.000000751. The molecule has 0 aliphatic heterocycles. The molecule has 2 N–H and O–H groups in total. The van der Waals surface area contributed by atoms with Gasteiger partial charge in [-0.3, -0.25) is 0 Å². The Morgan fingerprint density at radius 3 is 2.19 bits per heavy atom. The highest BCUT2D eigenvalue weighted by Crippen LogP contribution is 2.27. The molecule has 0 saturated carbocycles. The minimum atomic E-state index is -1.82. The number of rotatable bonds is 10. The van der Waals surface area contributed by atoms with Crippen LogP contribution in [0.1, 0.15) is 17.5 Å². The quantitative estimate of drug-likeness (QED) is 0.246. The molecule has 0 aromatic heterocycles. The molecule has 7 nitrogen and oxygen atoms in total. The summed E-state index contributed by atoms with van der Waals surface area (Å²) in [6, 6.07) is 12.9. The second kappa shape index (κ2) is 15.0. The molecule has 0 atom stereocenters. The molecule has 32 heavy (non-hydrogen) atoms. The average Bonchev–Trinajstić information content (AvgIpc) is 2.79. The van der Waals surface area contributed by atoms with E-state index in [1.807, 2.05) is 17.8 Å². The van der Waals surface area contributed by atoms with Gasteiger partial charge in [0.15, 0.2) is 11.5 Å². The van der Waals surface area contributed by atoms with Crippen LogP contribution in [0, 0.1) is 3.57 Å². The van der Waals surface area contributed by atoms with Crippen molar-refractivity contribution in [2.45, 2.75) is 24.2 Å². The first kappa shape index (κ1) is 28.1. The summed E-state index contributed by atoms with van der Waals surface area (Å²) in [6.45, 7) is 2.14. The number of aryl methyl sites for hydroxylation is 1. The smallest absolute Gasteiger partial charge is 0.414 e. The molecule has 0 bridgehead atoms. The third-order valence-corrected chi connectivity index (χ3v) is 6.43. The molecule has 0 spiro atoms. The van der Waals surface area contributed by atoms with Crippen molar-refractivity contribution in [3.8, 4) is 11.5 Å². The molecule has 2 aromatic carbocycles. The van der Waals surface area contributed by atoms with Crippen LogP contribution in [0.25, 0.3) is 0 Å². The number of likely N-dealkylation sites (N-methyl/N-ethyl adjacent to an activating group) is 1. The van der Waals surface area contributed by atoms with Crippen LogP contribution in [0.5, 0.6) is 11.5 Å². The number of carbonyl (C=O) groups is 2. The van der Waals surface area contributed by atoms with E-state index >= 15 is 0 Å². The average molecular weight is 575 g/mol. The van der Waals surface area contributed by atoms with Crippen molar-refractivity contribution in [3.05, 3.63) is 51.1 Å². The monoisotopic (exact) mass is 575 g/mol. The third-order valence-electron chi connectivity index (χ3n) is 4.65. The maximum atomic E-state index is 9.10. The van der Waals surface area contributed by atoms with E-state index in [1.165, 1.54) is 26.0 Å². The fourth-order valence-electron chi connectivity index (χ4n) is 2.88. The summed E-state index contributed by atoms with van der Waals surface area (Å²) >= 11 is 4.25. The van der Waals surface area contributed by atoms with Gasteiger partial charge in [0.2, 0.25) is 0 Å². The Hall–Kier alpha value is -1.98. The van der Waals surface area contributed by atoms with Crippen molar-refractivity contribution in [1.29, 1.82) is 0 Å². The predicted octanol–water partition coefficient (Wildman–Crippen LogP) is 4.29. The van der Waals surface area contributed by atoms with Gasteiger partial charge in [0.25, 0.3) is 0 Å². The summed E-state index contributed by atoms with van der Waals surface area (Å²) in [5, 5.41) is 14.8. The van der Waals surface area contributed by atoms with E-state index in [0.717, 1.165) is 37.4 Å². The Morgan fingerprint density at radius 2 is 1.62 bits per heavy atom. The van der Waals surface area contributed by atoms with Gasteiger partial charge in [0.1, 0.15) is 0 Å². The molecule has 0 unspecified atom stereocenters. The van der Waals surface area contributed by atoms with Crippen molar-refractivity contribution in [2.24, 2.45) is 0 Å². The minimum Gasteiger partial charge on any atom is -0.493 e. The van der Waals surface area contributed by atoms with Crippen LogP contribution < -0.4 is 9.47 Å². The second-order valence-electron chi connectivity index (χ2n) is 6.91. The van der Waals surface area contributed by atoms with Crippen molar-refractivity contribution in [2.75, 3.05) is 40.6 Å². The highest BCUT2D eigenvalue weighted by molar-refractivity contribution is 14.1. The van der Waals surface area contributed by atoms with E-state index in [9.17, 15) is 0 Å². The molecule has 0 heterocycles. The van der Waals surface area contributed by atoms with Gasteiger partial charge in [-0.1, -0.05) is 6.07 Å². The highest BCUT2D eigenvalue weighted by Gasteiger charge is 2.07. The van der Waals surface area contributed by atoms with Crippen LogP contribution >= 0.6 is 34.4 Å². The van der Waals surface area contributed by atoms with E-state index in [4.69, 9.17) is 29.3 Å². The predicted molar refractivity (Wildman–Crippen MR) is 135 cm³/mol. The zero-order chi connectivity index (χ0) is 24.1. The van der Waals surface area contributed by atoms with Gasteiger partial charge in [-0.05, 0) is 103 Å². The molecule has 2 rings (SSSR count). The Morgan fingerprint density at radius 1 is 0.969 bits per heavy atom. The van der Waals surface area contributed by atoms with E-state index in [0.29, 0.717) is 0 Å². The van der Waals surface area contributed by atoms with Crippen molar-refractivity contribution in [3.63, 3.8) is 0 Å². The number of hydrogen-bond donors (Lipinski definition) is 2. The number of hydrogen-bond acceptors (Lipinski definition) is 6. The number of halogens is 1. The van der Waals surface area contributed by atoms with Gasteiger partial charge in [0, 0.05) is 15.0 Å². The van der Waals surface area contributed by atoms with Crippen LogP contribution in [-0.2, 0) is 22.4 Å². The maximum Gasteiger partial charge on any atom is 0.414 e. The summed E-state index contributed by atoms with van der Waals surface area (Å²) in [4.78, 5) is 22.0. The van der Waals surface area contributed by atoms with Crippen molar-refractivity contribution >= 4 is 46.3 Å². The van der Waals surface area contributed by atoms with Crippen LogP contribution in [0.4, 0.5) is 0 Å². The molecule has 9 heteroatoms. The van der Waals surface area contributed by atoms with Gasteiger partial charge < -0.3 is 24.6 Å². The molecule has 0 radical (unpaired) electrons. The standard InChI is InChI=1S/C21H28INO2S.C2H2O4/c1-23(12-5-6-17-15-18(26-4)8-9-19(17)22)13-11-16-7-10-20(24-2)21(14-16)25-3;3-1(4)2(5)6/h7-10,14-15H,5-6,11-13H2,1-4H3;(H,3,4)(H,5,6). The summed E-state index contributed by atoms with van der Waals surface area (Å²) in [5.41, 5.74) is 2.74. The molecule has 0 saturated heterocycles. The topological polar surface area (TPSA) is 96.3 Å². The molecule has 176 valence electrons. The number of carboxylic acids is 2. The fraction of sp³-hybridized carbons (Fsp3) is 0.391. The van der Waals surface area contributed by atoms with Gasteiger partial charge in [-0.25, -0.2) is 9.59 Å². The Kier molecular flexibility index (Phi) is 13.1. The zero-order valence-corrected chi connectivity index (χ0v) is 21.7. The first-order valence-corrected chi connectivity index (χ1v) is 12.2. The van der Waals surface area contributed by atoms with Crippen molar-refractivity contribution < 1.29 is 29.3 Å². The van der Waals surface area contributed by atoms with E-state index in [1.54, 1.807) is 14.2 Å². The van der Waals surface area contributed by atoms with Crippen LogP contribution in [0.15, 0.2) is 41.3 Å². The van der Waals surface area contributed by atoms with Crippen LogP contribution in [0.3, 0.4) is 0 Å². The summed E-state index contributed by atoms with van der Waals surface area (Å²) < 4.78 is 12.1. The lowest BCUT2D eigenvalue weighted by Gasteiger charge is -2.17. The number of thioether (sulfide) groups is 1. The molecular weight excluding hydrogens is 545 g/mol. The SMILES string of the molecule is COc1ccc(CCN(C)CCCc2cc(SC)ccc2I)cc1OC.O=C(O)C(=O)O. The van der Waals surface area contributed by atoms with Gasteiger partial charge in [-0.2, -0.15) is 0 Å². The van der Waals surface area contributed by atoms with Gasteiger partial charge >= 0.3 is 11.9 Å². The number of benzene rings is 2. The molecule has 2 aromatic rings. The largest absolute Gasteiger partial charge is 0.493 e. The Labute approximate surface area is 207 Å². The van der Waals surface area contributed by atoms with E-state index in [-0.39, 0.29) is 0 Å². The molecule has 0 aliphatic rings. The molecule has 0 fully saturated rings. The number of methoxy groups -OCH3 is 2. The van der Waals surface area contributed by atoms with Gasteiger partial charge in [0.05, 0.1) is 14.2 Å². The molecular formula is C23H30INO6S. The second-order valence-corrected chi connectivity index (χ2v) is 8.96. The first-order chi connectivity index (χ1) is 15.2. The third kappa shape index (κ3) is 10.1. The number of ether oxygens (including phenoxy) is 2. The zero-order valence-electron chi connectivity index (χ0n) is 18.8. The molecule has 0 aliphatic carbocycles. The molecule has 0 amide bonds. The Bertz CT molecular complexity index is 881. The van der Waals surface area contributed by atoms with Gasteiger partial charge in [-0.15, -0.1) is 11.8 Å². The lowest BCUT2D eigenvalue weighted by atomic mass is 10.1. The lowest BCUT2D eigenvalue weighted by Crippen LogP contribution is -2.23. The highest BCUT2D eigenvalue weighted by atomic mass is 127. The van der Waals surface area contributed by atoms with Crippen LogP contribution in [-0.4, -0.2) is 67.7 Å². The van der Waals surface area contributed by atoms with E-state index < -0.39 is 11.9 Å². The summed E-state index contributed by atoms with van der Waals surface area (Å²) in [6.07, 6.45) is 5.45. The maximum absolute atomic E-state index is 9.10. The first-order valence-electron chi connectivity index (χ1n) is 9.89.